The molecule has 0 heterocycles. The SMILES string of the molecule is C=CC(=O)Oc1ccc([S+](C)C)c2ccccc12.[Cl-]. The van der Waals surface area contributed by atoms with E-state index in [4.69, 9.17) is 4.74 Å². The lowest BCUT2D eigenvalue weighted by atomic mass is 10.1. The van der Waals surface area contributed by atoms with Crippen LogP contribution < -0.4 is 17.1 Å². The molecule has 0 saturated carbocycles. The number of ether oxygens (including phenoxy) is 1. The van der Waals surface area contributed by atoms with Crippen LogP contribution in [0.2, 0.25) is 0 Å². The van der Waals surface area contributed by atoms with Crippen molar-refractivity contribution >= 4 is 27.6 Å². The number of rotatable bonds is 3. The lowest BCUT2D eigenvalue weighted by Crippen LogP contribution is -3.00. The summed E-state index contributed by atoms with van der Waals surface area (Å²) in [7, 11) is 0.163. The quantitative estimate of drug-likeness (QED) is 0.349. The molecule has 0 fully saturated rings. The predicted octanol–water partition coefficient (Wildman–Crippen LogP) is 0.172. The highest BCUT2D eigenvalue weighted by molar-refractivity contribution is 7.95. The van der Waals surface area contributed by atoms with Crippen molar-refractivity contribution in [3.8, 4) is 5.75 Å². The van der Waals surface area contributed by atoms with Gasteiger partial charge < -0.3 is 17.1 Å². The fraction of sp³-hybridized carbons (Fsp3) is 0.133. The third-order valence-electron chi connectivity index (χ3n) is 2.66. The van der Waals surface area contributed by atoms with Gasteiger partial charge >= 0.3 is 5.97 Å². The summed E-state index contributed by atoms with van der Waals surface area (Å²) in [5.41, 5.74) is 0. The minimum Gasteiger partial charge on any atom is -1.00 e. The van der Waals surface area contributed by atoms with Crippen LogP contribution >= 0.6 is 0 Å². The van der Waals surface area contributed by atoms with Gasteiger partial charge in [-0.2, -0.15) is 0 Å². The van der Waals surface area contributed by atoms with Crippen LogP contribution in [0.4, 0.5) is 0 Å². The second-order valence-electron chi connectivity index (χ2n) is 4.05. The molecule has 0 atom stereocenters. The summed E-state index contributed by atoms with van der Waals surface area (Å²) in [5.74, 6) is 0.157. The average molecular weight is 295 g/mol. The minimum absolute atomic E-state index is 0. The molecule has 0 N–H and O–H groups in total. The molecule has 0 unspecified atom stereocenters. The first kappa shape index (κ1) is 15.6. The Morgan fingerprint density at radius 3 is 2.37 bits per heavy atom. The molecule has 0 amide bonds. The van der Waals surface area contributed by atoms with E-state index >= 15 is 0 Å². The van der Waals surface area contributed by atoms with Crippen LogP contribution in [0.3, 0.4) is 0 Å². The third kappa shape index (κ3) is 3.31. The number of benzene rings is 2. The van der Waals surface area contributed by atoms with Gasteiger partial charge in [-0.25, -0.2) is 4.79 Å². The van der Waals surface area contributed by atoms with Crippen LogP contribution in [0.15, 0.2) is 53.9 Å². The first-order valence-electron chi connectivity index (χ1n) is 5.57. The highest BCUT2D eigenvalue weighted by atomic mass is 35.5. The lowest BCUT2D eigenvalue weighted by molar-refractivity contribution is -0.128. The fourth-order valence-corrected chi connectivity index (χ4v) is 2.80. The molecule has 0 bridgehead atoms. The van der Waals surface area contributed by atoms with Crippen LogP contribution in [-0.4, -0.2) is 18.5 Å². The number of halogens is 1. The van der Waals surface area contributed by atoms with Crippen molar-refractivity contribution in [2.45, 2.75) is 4.90 Å². The van der Waals surface area contributed by atoms with Gasteiger partial charge in [-0.05, 0) is 18.2 Å². The second kappa shape index (κ2) is 6.64. The zero-order valence-corrected chi connectivity index (χ0v) is 12.4. The van der Waals surface area contributed by atoms with Crippen molar-refractivity contribution in [3.05, 3.63) is 49.1 Å². The molecular weight excluding hydrogens is 280 g/mol. The molecule has 0 spiro atoms. The molecule has 0 aromatic heterocycles. The molecule has 0 aliphatic carbocycles. The van der Waals surface area contributed by atoms with E-state index < -0.39 is 5.97 Å². The zero-order chi connectivity index (χ0) is 13.1. The topological polar surface area (TPSA) is 26.3 Å². The van der Waals surface area contributed by atoms with Gasteiger partial charge in [-0.3, -0.25) is 0 Å². The van der Waals surface area contributed by atoms with Gasteiger partial charge in [0.25, 0.3) is 0 Å². The van der Waals surface area contributed by atoms with Crippen molar-refractivity contribution in [2.75, 3.05) is 12.5 Å². The van der Waals surface area contributed by atoms with Crippen molar-refractivity contribution in [1.82, 2.24) is 0 Å². The Labute approximate surface area is 122 Å². The van der Waals surface area contributed by atoms with Crippen LogP contribution in [0.25, 0.3) is 10.8 Å². The van der Waals surface area contributed by atoms with Crippen molar-refractivity contribution in [1.29, 1.82) is 0 Å². The zero-order valence-electron chi connectivity index (χ0n) is 10.9. The number of hydrogen-bond donors (Lipinski definition) is 0. The molecule has 2 aromatic rings. The van der Waals surface area contributed by atoms with Crippen molar-refractivity contribution < 1.29 is 21.9 Å². The standard InChI is InChI=1S/C15H15O2S.ClH/c1-4-15(16)17-13-9-10-14(18(2)3)12-8-6-5-7-11(12)13;/h4-10H,1H2,2-3H3;1H/q+1;/p-1. The number of esters is 1. The third-order valence-corrected chi connectivity index (χ3v) is 3.90. The summed E-state index contributed by atoms with van der Waals surface area (Å²) < 4.78 is 5.26. The van der Waals surface area contributed by atoms with Crippen LogP contribution in [0.1, 0.15) is 0 Å². The van der Waals surface area contributed by atoms with Gasteiger partial charge in [0, 0.05) is 27.7 Å². The van der Waals surface area contributed by atoms with E-state index in [1.807, 2.05) is 30.3 Å². The Balaban J connectivity index is 0.00000180. The summed E-state index contributed by atoms with van der Waals surface area (Å²) in [6, 6.07) is 11.8. The molecule has 100 valence electrons. The van der Waals surface area contributed by atoms with E-state index in [-0.39, 0.29) is 23.3 Å². The Bertz CT molecular complexity index is 608. The highest BCUT2D eigenvalue weighted by Gasteiger charge is 2.16. The minimum atomic E-state index is -0.431. The predicted molar refractivity (Wildman–Crippen MR) is 77.3 cm³/mol. The first-order chi connectivity index (χ1) is 8.63. The lowest BCUT2D eigenvalue weighted by Gasteiger charge is -2.08. The average Bonchev–Trinajstić information content (AvgIpc) is 2.38. The van der Waals surface area contributed by atoms with E-state index in [0.717, 1.165) is 10.8 Å². The number of fused-ring (bicyclic) bond motifs is 1. The Kier molecular flexibility index (Phi) is 5.45. The van der Waals surface area contributed by atoms with Gasteiger partial charge in [0.1, 0.15) is 18.3 Å². The first-order valence-corrected chi connectivity index (χ1v) is 7.61. The molecule has 2 aromatic carbocycles. The van der Waals surface area contributed by atoms with E-state index in [2.05, 4.69) is 25.2 Å². The van der Waals surface area contributed by atoms with Crippen LogP contribution in [0, 0.1) is 0 Å². The molecule has 2 rings (SSSR count). The normalized spacial score (nSPS) is 10.1. The van der Waals surface area contributed by atoms with Crippen molar-refractivity contribution in [3.63, 3.8) is 0 Å². The van der Waals surface area contributed by atoms with Crippen LogP contribution in [-0.2, 0) is 15.7 Å². The van der Waals surface area contributed by atoms with Crippen LogP contribution in [0.5, 0.6) is 5.75 Å². The maximum atomic E-state index is 11.3. The van der Waals surface area contributed by atoms with Gasteiger partial charge in [0.2, 0.25) is 0 Å². The van der Waals surface area contributed by atoms with E-state index in [1.54, 1.807) is 0 Å². The molecule has 2 nitrogen and oxygen atoms in total. The highest BCUT2D eigenvalue weighted by Crippen LogP contribution is 2.31. The van der Waals surface area contributed by atoms with Gasteiger partial charge in [0.05, 0.1) is 0 Å². The summed E-state index contributed by atoms with van der Waals surface area (Å²) in [4.78, 5) is 12.6. The molecule has 0 saturated heterocycles. The second-order valence-corrected chi connectivity index (χ2v) is 6.12. The summed E-state index contributed by atoms with van der Waals surface area (Å²) in [5, 5.41) is 2.10. The molecule has 0 aliphatic rings. The summed E-state index contributed by atoms with van der Waals surface area (Å²) in [6.45, 7) is 3.41. The maximum Gasteiger partial charge on any atom is 0.335 e. The Morgan fingerprint density at radius 2 is 1.79 bits per heavy atom. The monoisotopic (exact) mass is 294 g/mol. The molecule has 0 aliphatic heterocycles. The van der Waals surface area contributed by atoms with Gasteiger partial charge in [0.15, 0.2) is 4.90 Å². The summed E-state index contributed by atoms with van der Waals surface area (Å²) in [6.07, 6.45) is 5.53. The summed E-state index contributed by atoms with van der Waals surface area (Å²) >= 11 is 0. The molecular formula is C15H15ClO2S. The Morgan fingerprint density at radius 1 is 1.16 bits per heavy atom. The number of hydrogen-bond acceptors (Lipinski definition) is 2. The van der Waals surface area contributed by atoms with Gasteiger partial charge in [-0.1, -0.05) is 24.8 Å². The van der Waals surface area contributed by atoms with E-state index in [1.165, 1.54) is 11.0 Å². The Hall–Kier alpha value is -1.45. The fourth-order valence-electron chi connectivity index (χ4n) is 1.84. The van der Waals surface area contributed by atoms with Gasteiger partial charge in [-0.15, -0.1) is 0 Å². The molecule has 4 heteroatoms. The largest absolute Gasteiger partial charge is 1.00 e. The smallest absolute Gasteiger partial charge is 0.335 e. The molecule has 19 heavy (non-hydrogen) atoms. The molecule has 0 radical (unpaired) electrons. The number of carbonyl (C=O) groups excluding carboxylic acids is 1. The van der Waals surface area contributed by atoms with Crippen molar-refractivity contribution in [2.24, 2.45) is 0 Å². The maximum absolute atomic E-state index is 11.3. The van der Waals surface area contributed by atoms with E-state index in [0.29, 0.717) is 5.75 Å². The van der Waals surface area contributed by atoms with E-state index in [9.17, 15) is 4.79 Å². The number of carbonyl (C=O) groups is 1.